The molecule has 144 valence electrons. The smallest absolute Gasteiger partial charge is 0.271 e. The largest absolute Gasteiger partial charge is 0.279 e. The molecule has 2 aromatic carbocycles. The molecule has 0 aliphatic carbocycles. The zero-order valence-electron chi connectivity index (χ0n) is 14.8. The summed E-state index contributed by atoms with van der Waals surface area (Å²) in [5, 5.41) is 0. The van der Waals surface area contributed by atoms with Gasteiger partial charge in [0.15, 0.2) is 0 Å². The van der Waals surface area contributed by atoms with E-state index < -0.39 is 21.7 Å². The highest BCUT2D eigenvalue weighted by Gasteiger charge is 2.19. The van der Waals surface area contributed by atoms with Crippen LogP contribution < -0.4 is 15.6 Å². The van der Waals surface area contributed by atoms with Crippen molar-refractivity contribution in [3.8, 4) is 0 Å². The minimum absolute atomic E-state index is 0.0213. The number of nitrogens with one attached hydrogen (secondary N) is 3. The van der Waals surface area contributed by atoms with E-state index in [0.29, 0.717) is 0 Å². The van der Waals surface area contributed by atoms with Crippen LogP contribution in [-0.2, 0) is 14.8 Å². The summed E-state index contributed by atoms with van der Waals surface area (Å²) in [5.41, 5.74) is 4.58. The monoisotopic (exact) mass is 393 g/mol. The summed E-state index contributed by atoms with van der Waals surface area (Å²) in [6.07, 6.45) is 0.235. The van der Waals surface area contributed by atoms with Gasteiger partial charge < -0.3 is 0 Å². The van der Waals surface area contributed by atoms with Gasteiger partial charge in [-0.05, 0) is 42.3 Å². The zero-order chi connectivity index (χ0) is 20.0. The summed E-state index contributed by atoms with van der Waals surface area (Å²) in [5.74, 6) is -1.48. The number of carbonyl (C=O) groups excluding carboxylic acids is 2. The lowest BCUT2D eigenvalue weighted by Gasteiger charge is -2.13. The van der Waals surface area contributed by atoms with Gasteiger partial charge in [-0.3, -0.25) is 25.2 Å². The topological polar surface area (TPSA) is 104 Å². The molecule has 0 heterocycles. The van der Waals surface area contributed by atoms with Crippen LogP contribution in [0, 0.1) is 11.7 Å². The molecule has 0 saturated heterocycles. The van der Waals surface area contributed by atoms with E-state index in [1.165, 1.54) is 12.1 Å². The van der Waals surface area contributed by atoms with Gasteiger partial charge >= 0.3 is 0 Å². The van der Waals surface area contributed by atoms with Crippen LogP contribution in [0.3, 0.4) is 0 Å². The fraction of sp³-hybridized carbons (Fsp3) is 0.222. The van der Waals surface area contributed by atoms with Gasteiger partial charge in [-0.25, -0.2) is 12.8 Å². The van der Waals surface area contributed by atoms with Crippen LogP contribution in [0.5, 0.6) is 0 Å². The lowest BCUT2D eigenvalue weighted by Crippen LogP contribution is -2.42. The van der Waals surface area contributed by atoms with Crippen LogP contribution in [0.1, 0.15) is 30.6 Å². The fourth-order valence-corrected chi connectivity index (χ4v) is 3.28. The molecule has 0 fully saturated rings. The van der Waals surface area contributed by atoms with Gasteiger partial charge in [-0.15, -0.1) is 0 Å². The molecule has 2 rings (SSSR count). The Morgan fingerprint density at radius 2 is 1.63 bits per heavy atom. The number of hydrogen-bond acceptors (Lipinski definition) is 4. The third-order valence-electron chi connectivity index (χ3n) is 3.45. The Balaban J connectivity index is 2.16. The highest BCUT2D eigenvalue weighted by atomic mass is 32.2. The van der Waals surface area contributed by atoms with Crippen molar-refractivity contribution in [2.45, 2.75) is 25.2 Å². The van der Waals surface area contributed by atoms with Crippen LogP contribution in [-0.4, -0.2) is 20.2 Å². The van der Waals surface area contributed by atoms with Gasteiger partial charge in [0.25, 0.3) is 15.9 Å². The van der Waals surface area contributed by atoms with Gasteiger partial charge in [0.05, 0.1) is 16.1 Å². The molecule has 3 N–H and O–H groups in total. The van der Waals surface area contributed by atoms with Crippen LogP contribution in [0.25, 0.3) is 0 Å². The third kappa shape index (κ3) is 5.78. The minimum atomic E-state index is -4.02. The van der Waals surface area contributed by atoms with Crippen LogP contribution in [0.15, 0.2) is 53.4 Å². The van der Waals surface area contributed by atoms with Crippen LogP contribution in [0.4, 0.5) is 10.1 Å². The first-order valence-corrected chi connectivity index (χ1v) is 9.64. The second-order valence-corrected chi connectivity index (χ2v) is 7.89. The number of anilines is 1. The summed E-state index contributed by atoms with van der Waals surface area (Å²) < 4.78 is 40.2. The normalized spacial score (nSPS) is 11.1. The highest BCUT2D eigenvalue weighted by Crippen LogP contribution is 2.20. The molecular formula is C18H20FN3O4S. The van der Waals surface area contributed by atoms with Crippen molar-refractivity contribution in [1.29, 1.82) is 0 Å². The fourth-order valence-electron chi connectivity index (χ4n) is 2.20. The summed E-state index contributed by atoms with van der Waals surface area (Å²) in [7, 11) is -4.02. The Kier molecular flexibility index (Phi) is 6.51. The molecule has 0 atom stereocenters. The first kappa shape index (κ1) is 20.4. The molecule has 0 bridgehead atoms. The number of sulfonamides is 1. The Bertz CT molecular complexity index is 928. The van der Waals surface area contributed by atoms with Crippen LogP contribution >= 0.6 is 0 Å². The van der Waals surface area contributed by atoms with Crippen molar-refractivity contribution in [3.63, 3.8) is 0 Å². The first-order valence-electron chi connectivity index (χ1n) is 8.15. The van der Waals surface area contributed by atoms with E-state index in [1.54, 1.807) is 12.1 Å². The van der Waals surface area contributed by atoms with Crippen molar-refractivity contribution < 1.29 is 22.4 Å². The molecule has 0 radical (unpaired) electrons. The van der Waals surface area contributed by atoms with E-state index in [-0.39, 0.29) is 34.4 Å². The maximum absolute atomic E-state index is 13.0. The maximum atomic E-state index is 13.0. The van der Waals surface area contributed by atoms with Crippen LogP contribution in [0.2, 0.25) is 0 Å². The van der Waals surface area contributed by atoms with Gasteiger partial charge in [0, 0.05) is 6.42 Å². The quantitative estimate of drug-likeness (QED) is 0.656. The van der Waals surface area contributed by atoms with Crippen molar-refractivity contribution in [1.82, 2.24) is 10.9 Å². The number of carbonyl (C=O) groups is 2. The summed E-state index contributed by atoms with van der Waals surface area (Å²) >= 11 is 0. The van der Waals surface area contributed by atoms with Gasteiger partial charge in [-0.2, -0.15) is 0 Å². The minimum Gasteiger partial charge on any atom is -0.279 e. The van der Waals surface area contributed by atoms with E-state index in [1.807, 2.05) is 13.8 Å². The molecule has 0 aromatic heterocycles. The Morgan fingerprint density at radius 1 is 1.00 bits per heavy atom. The van der Waals surface area contributed by atoms with Crippen molar-refractivity contribution in [2.75, 3.05) is 4.72 Å². The predicted octanol–water partition coefficient (Wildman–Crippen LogP) is 2.43. The maximum Gasteiger partial charge on any atom is 0.271 e. The van der Waals surface area contributed by atoms with E-state index in [9.17, 15) is 22.4 Å². The third-order valence-corrected chi connectivity index (χ3v) is 4.83. The molecule has 2 aromatic rings. The Labute approximate surface area is 157 Å². The van der Waals surface area contributed by atoms with Crippen molar-refractivity contribution >= 4 is 27.5 Å². The molecule has 7 nitrogen and oxygen atoms in total. The number of amides is 2. The number of halogens is 1. The van der Waals surface area contributed by atoms with Gasteiger partial charge in [0.2, 0.25) is 5.91 Å². The summed E-state index contributed by atoms with van der Waals surface area (Å²) in [6.45, 7) is 3.72. The molecule has 0 unspecified atom stereocenters. The average Bonchev–Trinajstić information content (AvgIpc) is 2.59. The molecular weight excluding hydrogens is 373 g/mol. The predicted molar refractivity (Wildman–Crippen MR) is 98.7 cm³/mol. The second kappa shape index (κ2) is 8.63. The Hall–Kier alpha value is -2.94. The number of para-hydroxylation sites is 1. The molecule has 2 amide bonds. The first-order chi connectivity index (χ1) is 12.7. The number of rotatable bonds is 6. The zero-order valence-corrected chi connectivity index (χ0v) is 15.6. The summed E-state index contributed by atoms with van der Waals surface area (Å²) in [4.78, 5) is 23.8. The van der Waals surface area contributed by atoms with E-state index in [2.05, 4.69) is 15.6 Å². The van der Waals surface area contributed by atoms with E-state index >= 15 is 0 Å². The lowest BCUT2D eigenvalue weighted by molar-refractivity contribution is -0.122. The molecule has 0 aliphatic heterocycles. The van der Waals surface area contributed by atoms with Gasteiger partial charge in [-0.1, -0.05) is 26.0 Å². The molecule has 0 spiro atoms. The number of hydrazine groups is 1. The standard InChI is InChI=1S/C18H20FN3O4S/c1-12(2)11-17(23)20-21-18(24)15-5-3-4-6-16(15)22-27(25,26)14-9-7-13(19)8-10-14/h3-10,12,22H,11H2,1-2H3,(H,20,23)(H,21,24). The SMILES string of the molecule is CC(C)CC(=O)NNC(=O)c1ccccc1NS(=O)(=O)c1ccc(F)cc1. The van der Waals surface area contributed by atoms with E-state index in [4.69, 9.17) is 0 Å². The van der Waals surface area contributed by atoms with Crippen molar-refractivity contribution in [3.05, 3.63) is 59.9 Å². The van der Waals surface area contributed by atoms with Crippen molar-refractivity contribution in [2.24, 2.45) is 5.92 Å². The van der Waals surface area contributed by atoms with E-state index in [0.717, 1.165) is 24.3 Å². The van der Waals surface area contributed by atoms with Gasteiger partial charge in [0.1, 0.15) is 5.82 Å². The number of hydrogen-bond donors (Lipinski definition) is 3. The number of benzene rings is 2. The molecule has 0 aliphatic rings. The summed E-state index contributed by atoms with van der Waals surface area (Å²) in [6, 6.07) is 10.2. The molecule has 0 saturated carbocycles. The highest BCUT2D eigenvalue weighted by molar-refractivity contribution is 7.92. The lowest BCUT2D eigenvalue weighted by atomic mass is 10.1. The second-order valence-electron chi connectivity index (χ2n) is 6.21. The average molecular weight is 393 g/mol. The molecule has 27 heavy (non-hydrogen) atoms. The molecule has 9 heteroatoms. The Morgan fingerprint density at radius 3 is 2.26 bits per heavy atom.